The average molecular weight is 251 g/mol. The lowest BCUT2D eigenvalue weighted by molar-refractivity contribution is -0.140. The van der Waals surface area contributed by atoms with Crippen LogP contribution in [0.3, 0.4) is 0 Å². The first-order chi connectivity index (χ1) is 8.31. The van der Waals surface area contributed by atoms with Crippen LogP contribution in [0, 0.1) is 5.92 Å². The zero-order chi connectivity index (χ0) is 13.5. The van der Waals surface area contributed by atoms with E-state index in [-0.39, 0.29) is 5.54 Å². The minimum atomic E-state index is -0.813. The van der Waals surface area contributed by atoms with E-state index in [1.54, 1.807) is 0 Å². The monoisotopic (exact) mass is 251 g/mol. The summed E-state index contributed by atoms with van der Waals surface area (Å²) in [6, 6.07) is -0.546. The minimum absolute atomic E-state index is 0.359. The molecular formula is C13H21N3O2. The summed E-state index contributed by atoms with van der Waals surface area (Å²) in [6.45, 7) is 9.26. The van der Waals surface area contributed by atoms with Crippen molar-refractivity contribution >= 4 is 5.97 Å². The number of aliphatic carboxylic acids is 1. The highest BCUT2D eigenvalue weighted by Gasteiger charge is 2.38. The van der Waals surface area contributed by atoms with Crippen LogP contribution in [-0.2, 0) is 23.3 Å². The second kappa shape index (κ2) is 4.39. The Hall–Kier alpha value is -1.36. The molecule has 2 heterocycles. The predicted molar refractivity (Wildman–Crippen MR) is 68.4 cm³/mol. The Bertz CT molecular complexity index is 463. The molecule has 18 heavy (non-hydrogen) atoms. The van der Waals surface area contributed by atoms with Crippen LogP contribution in [-0.4, -0.2) is 26.7 Å². The van der Waals surface area contributed by atoms with Crippen LogP contribution >= 0.6 is 0 Å². The Morgan fingerprint density at radius 1 is 1.67 bits per heavy atom. The van der Waals surface area contributed by atoms with E-state index in [4.69, 9.17) is 5.11 Å². The van der Waals surface area contributed by atoms with E-state index in [0.29, 0.717) is 12.3 Å². The van der Waals surface area contributed by atoms with Crippen molar-refractivity contribution < 1.29 is 9.90 Å². The molecule has 0 saturated heterocycles. The van der Waals surface area contributed by atoms with Crippen molar-refractivity contribution in [2.24, 2.45) is 5.92 Å². The second-order valence-electron chi connectivity index (χ2n) is 5.95. The Morgan fingerprint density at radius 3 is 2.89 bits per heavy atom. The van der Waals surface area contributed by atoms with E-state index in [2.05, 4.69) is 28.7 Å². The predicted octanol–water partition coefficient (Wildman–Crippen LogP) is 1.37. The number of imidazole rings is 1. The van der Waals surface area contributed by atoms with Gasteiger partial charge in [-0.1, -0.05) is 13.8 Å². The topological polar surface area (TPSA) is 67.2 Å². The Kier molecular flexibility index (Phi) is 3.19. The van der Waals surface area contributed by atoms with Gasteiger partial charge < -0.3 is 9.67 Å². The van der Waals surface area contributed by atoms with Crippen LogP contribution < -0.4 is 5.32 Å². The number of fused-ring (bicyclic) bond motifs is 1. The highest BCUT2D eigenvalue weighted by atomic mass is 16.4. The largest absolute Gasteiger partial charge is 0.480 e. The number of carboxylic acids is 1. The molecule has 0 amide bonds. The summed E-state index contributed by atoms with van der Waals surface area (Å²) in [5, 5.41) is 12.3. The SMILES string of the molecule is CC(C)Cn1cnc2c1C(C)(C)NC(C(=O)O)C2. The first-order valence-electron chi connectivity index (χ1n) is 6.36. The summed E-state index contributed by atoms with van der Waals surface area (Å²) in [7, 11) is 0. The number of rotatable bonds is 3. The fourth-order valence-corrected chi connectivity index (χ4v) is 2.72. The lowest BCUT2D eigenvalue weighted by atomic mass is 9.89. The van der Waals surface area contributed by atoms with Gasteiger partial charge in [0.1, 0.15) is 6.04 Å². The summed E-state index contributed by atoms with van der Waals surface area (Å²) in [5.74, 6) is -0.275. The molecule has 0 aromatic carbocycles. The molecule has 100 valence electrons. The number of hydrogen-bond acceptors (Lipinski definition) is 3. The highest BCUT2D eigenvalue weighted by molar-refractivity contribution is 5.74. The summed E-state index contributed by atoms with van der Waals surface area (Å²) >= 11 is 0. The van der Waals surface area contributed by atoms with Gasteiger partial charge >= 0.3 is 5.97 Å². The fourth-order valence-electron chi connectivity index (χ4n) is 2.72. The molecule has 0 radical (unpaired) electrons. The van der Waals surface area contributed by atoms with Gasteiger partial charge in [-0.05, 0) is 19.8 Å². The second-order valence-corrected chi connectivity index (χ2v) is 5.95. The third-order valence-corrected chi connectivity index (χ3v) is 3.30. The maximum Gasteiger partial charge on any atom is 0.321 e. The van der Waals surface area contributed by atoms with E-state index in [0.717, 1.165) is 17.9 Å². The third-order valence-electron chi connectivity index (χ3n) is 3.30. The summed E-state index contributed by atoms with van der Waals surface area (Å²) < 4.78 is 2.14. The fraction of sp³-hybridized carbons (Fsp3) is 0.692. The smallest absolute Gasteiger partial charge is 0.321 e. The van der Waals surface area contributed by atoms with E-state index in [1.807, 2.05) is 20.2 Å². The van der Waals surface area contributed by atoms with Crippen molar-refractivity contribution in [3.63, 3.8) is 0 Å². The molecule has 1 atom stereocenters. The number of nitrogens with zero attached hydrogens (tertiary/aromatic N) is 2. The van der Waals surface area contributed by atoms with Gasteiger partial charge in [-0.2, -0.15) is 0 Å². The summed E-state index contributed by atoms with van der Waals surface area (Å²) in [4.78, 5) is 15.5. The Labute approximate surface area is 107 Å². The molecule has 5 nitrogen and oxygen atoms in total. The minimum Gasteiger partial charge on any atom is -0.480 e. The quantitative estimate of drug-likeness (QED) is 0.851. The molecule has 1 aliphatic rings. The van der Waals surface area contributed by atoms with Crippen LogP contribution in [0.4, 0.5) is 0 Å². The lowest BCUT2D eigenvalue weighted by Gasteiger charge is -2.36. The molecule has 5 heteroatoms. The standard InChI is InChI=1S/C13H21N3O2/c1-8(2)6-16-7-14-9-5-10(12(17)18)15-13(3,4)11(9)16/h7-8,10,15H,5-6H2,1-4H3,(H,17,18). The molecule has 1 aromatic rings. The molecule has 1 aromatic heterocycles. The van der Waals surface area contributed by atoms with Crippen molar-refractivity contribution in [3.05, 3.63) is 17.7 Å². The zero-order valence-electron chi connectivity index (χ0n) is 11.4. The van der Waals surface area contributed by atoms with Gasteiger partial charge in [0.15, 0.2) is 0 Å². The van der Waals surface area contributed by atoms with Gasteiger partial charge in [0.05, 0.1) is 23.3 Å². The molecule has 0 aliphatic carbocycles. The zero-order valence-corrected chi connectivity index (χ0v) is 11.4. The maximum absolute atomic E-state index is 11.1. The molecule has 0 fully saturated rings. The number of aromatic nitrogens is 2. The lowest BCUT2D eigenvalue weighted by Crippen LogP contribution is -2.53. The molecule has 2 N–H and O–H groups in total. The molecule has 2 rings (SSSR count). The average Bonchev–Trinajstić information content (AvgIpc) is 2.60. The van der Waals surface area contributed by atoms with E-state index >= 15 is 0 Å². The van der Waals surface area contributed by atoms with Crippen LogP contribution in [0.1, 0.15) is 39.1 Å². The van der Waals surface area contributed by atoms with E-state index < -0.39 is 12.0 Å². The highest BCUT2D eigenvalue weighted by Crippen LogP contribution is 2.30. The van der Waals surface area contributed by atoms with Crippen LogP contribution in [0.15, 0.2) is 6.33 Å². The Balaban J connectivity index is 2.38. The van der Waals surface area contributed by atoms with E-state index in [1.165, 1.54) is 0 Å². The van der Waals surface area contributed by atoms with Crippen molar-refractivity contribution in [1.82, 2.24) is 14.9 Å². The molecular weight excluding hydrogens is 230 g/mol. The summed E-state index contributed by atoms with van der Waals surface area (Å²) in [6.07, 6.45) is 2.29. The van der Waals surface area contributed by atoms with Crippen molar-refractivity contribution in [1.29, 1.82) is 0 Å². The molecule has 0 saturated carbocycles. The van der Waals surface area contributed by atoms with Gasteiger partial charge in [0, 0.05) is 13.0 Å². The first-order valence-corrected chi connectivity index (χ1v) is 6.36. The van der Waals surface area contributed by atoms with Gasteiger partial charge in [-0.3, -0.25) is 10.1 Å². The van der Waals surface area contributed by atoms with Gasteiger partial charge in [0.2, 0.25) is 0 Å². The van der Waals surface area contributed by atoms with Crippen molar-refractivity contribution in [2.75, 3.05) is 0 Å². The molecule has 1 aliphatic heterocycles. The van der Waals surface area contributed by atoms with Gasteiger partial charge in [0.25, 0.3) is 0 Å². The maximum atomic E-state index is 11.1. The number of hydrogen-bond donors (Lipinski definition) is 2. The molecule has 0 spiro atoms. The Morgan fingerprint density at radius 2 is 2.33 bits per heavy atom. The van der Waals surface area contributed by atoms with E-state index in [9.17, 15) is 4.79 Å². The number of carbonyl (C=O) groups is 1. The number of carboxylic acid groups (broad SMARTS) is 1. The van der Waals surface area contributed by atoms with Gasteiger partial charge in [-0.15, -0.1) is 0 Å². The first kappa shape index (κ1) is 13.1. The van der Waals surface area contributed by atoms with Crippen LogP contribution in [0.2, 0.25) is 0 Å². The third kappa shape index (κ3) is 2.27. The van der Waals surface area contributed by atoms with Crippen molar-refractivity contribution in [2.45, 2.75) is 52.2 Å². The number of nitrogens with one attached hydrogen (secondary N) is 1. The van der Waals surface area contributed by atoms with Crippen LogP contribution in [0.5, 0.6) is 0 Å². The normalized spacial score (nSPS) is 21.9. The van der Waals surface area contributed by atoms with Crippen molar-refractivity contribution in [3.8, 4) is 0 Å². The van der Waals surface area contributed by atoms with Crippen LogP contribution in [0.25, 0.3) is 0 Å². The van der Waals surface area contributed by atoms with Gasteiger partial charge in [-0.25, -0.2) is 4.98 Å². The summed E-state index contributed by atoms with van der Waals surface area (Å²) in [5.41, 5.74) is 1.67. The molecule has 0 bridgehead atoms. The molecule has 1 unspecified atom stereocenters.